The first-order chi connectivity index (χ1) is 10.6. The zero-order valence-electron chi connectivity index (χ0n) is 12.4. The first-order valence-corrected chi connectivity index (χ1v) is 7.71. The van der Waals surface area contributed by atoms with Crippen LogP contribution in [0.4, 0.5) is 0 Å². The number of nitrogens with one attached hydrogen (secondary N) is 2. The Kier molecular flexibility index (Phi) is 3.04. The smallest absolute Gasteiger partial charge is 0.251 e. The van der Waals surface area contributed by atoms with E-state index in [1.807, 2.05) is 0 Å². The third-order valence-electron chi connectivity index (χ3n) is 4.74. The van der Waals surface area contributed by atoms with Crippen molar-refractivity contribution < 1.29 is 14.0 Å². The van der Waals surface area contributed by atoms with E-state index in [9.17, 15) is 9.59 Å². The van der Waals surface area contributed by atoms with Crippen molar-refractivity contribution in [3.8, 4) is 0 Å². The maximum absolute atomic E-state index is 12.4. The van der Waals surface area contributed by atoms with Gasteiger partial charge >= 0.3 is 0 Å². The lowest BCUT2D eigenvalue weighted by Crippen LogP contribution is -2.42. The molecule has 1 amide bonds. The summed E-state index contributed by atoms with van der Waals surface area (Å²) in [6, 6.07) is 8.15. The molecule has 4 rings (SSSR count). The molecule has 1 aromatic carbocycles. The molecule has 2 aromatic rings. The number of carbonyl (C=O) groups excluding carboxylic acids is 2. The number of hydrogen-bond acceptors (Lipinski definition) is 4. The summed E-state index contributed by atoms with van der Waals surface area (Å²) >= 11 is 0. The van der Waals surface area contributed by atoms with E-state index in [0.29, 0.717) is 29.0 Å². The van der Waals surface area contributed by atoms with Crippen LogP contribution in [0.5, 0.6) is 0 Å². The van der Waals surface area contributed by atoms with Gasteiger partial charge in [0, 0.05) is 36.0 Å². The molecule has 5 nitrogen and oxygen atoms in total. The standard InChI is InChI=1S/C17H18N2O3/c1-9(20)16-7-11-6-10(2-5-15(11)22-16)17(21)19-14-8-12-3-4-13(14)18-12/h2,5-7,12-14,18H,3-4,8H2,1H3,(H,19,21)/t12-,13+,14-/m1/s1. The van der Waals surface area contributed by atoms with E-state index in [4.69, 9.17) is 4.42 Å². The number of furan rings is 1. The highest BCUT2D eigenvalue weighted by Gasteiger charge is 2.39. The topological polar surface area (TPSA) is 71.3 Å². The van der Waals surface area contributed by atoms with Crippen LogP contribution in [0.1, 0.15) is 47.1 Å². The number of ketones is 1. The minimum atomic E-state index is -0.116. The molecule has 0 spiro atoms. The lowest BCUT2D eigenvalue weighted by Gasteiger charge is -2.21. The third-order valence-corrected chi connectivity index (χ3v) is 4.74. The van der Waals surface area contributed by atoms with Crippen molar-refractivity contribution >= 4 is 22.7 Å². The van der Waals surface area contributed by atoms with Gasteiger partial charge in [-0.15, -0.1) is 0 Å². The van der Waals surface area contributed by atoms with Crippen molar-refractivity contribution in [1.82, 2.24) is 10.6 Å². The average Bonchev–Trinajstić information content (AvgIpc) is 3.20. The van der Waals surface area contributed by atoms with Crippen molar-refractivity contribution in [3.63, 3.8) is 0 Å². The quantitative estimate of drug-likeness (QED) is 0.853. The highest BCUT2D eigenvalue weighted by atomic mass is 16.3. The summed E-state index contributed by atoms with van der Waals surface area (Å²) in [6.45, 7) is 1.47. The maximum atomic E-state index is 12.4. The van der Waals surface area contributed by atoms with Gasteiger partial charge < -0.3 is 15.1 Å². The zero-order chi connectivity index (χ0) is 15.3. The minimum absolute atomic E-state index is 0.0631. The minimum Gasteiger partial charge on any atom is -0.453 e. The van der Waals surface area contributed by atoms with Crippen molar-refractivity contribution in [2.45, 2.75) is 44.3 Å². The molecule has 3 heterocycles. The van der Waals surface area contributed by atoms with Crippen molar-refractivity contribution in [2.75, 3.05) is 0 Å². The van der Waals surface area contributed by atoms with E-state index >= 15 is 0 Å². The largest absolute Gasteiger partial charge is 0.453 e. The zero-order valence-corrected chi connectivity index (χ0v) is 12.4. The Morgan fingerprint density at radius 3 is 2.82 bits per heavy atom. The molecule has 5 heteroatoms. The number of hydrogen-bond donors (Lipinski definition) is 2. The summed E-state index contributed by atoms with van der Waals surface area (Å²) in [4.78, 5) is 23.8. The Morgan fingerprint density at radius 1 is 1.27 bits per heavy atom. The van der Waals surface area contributed by atoms with Crippen LogP contribution in [-0.4, -0.2) is 29.8 Å². The van der Waals surface area contributed by atoms with E-state index in [2.05, 4.69) is 10.6 Å². The van der Waals surface area contributed by atoms with Gasteiger partial charge in [0.2, 0.25) is 0 Å². The summed E-state index contributed by atoms with van der Waals surface area (Å²) in [5.74, 6) is 0.145. The Morgan fingerprint density at radius 2 is 2.14 bits per heavy atom. The van der Waals surface area contributed by atoms with Crippen LogP contribution < -0.4 is 10.6 Å². The second kappa shape index (κ2) is 4.95. The fourth-order valence-corrected chi connectivity index (χ4v) is 3.59. The Bertz CT molecular complexity index is 764. The second-order valence-electron chi connectivity index (χ2n) is 6.28. The van der Waals surface area contributed by atoms with Crippen LogP contribution in [0.2, 0.25) is 0 Å². The van der Waals surface area contributed by atoms with E-state index in [1.54, 1.807) is 24.3 Å². The molecule has 2 aliphatic heterocycles. The molecule has 22 heavy (non-hydrogen) atoms. The molecule has 114 valence electrons. The summed E-state index contributed by atoms with van der Waals surface area (Å²) in [7, 11) is 0. The lowest BCUT2D eigenvalue weighted by molar-refractivity contribution is 0.0930. The summed E-state index contributed by atoms with van der Waals surface area (Å²) in [5, 5.41) is 7.42. The van der Waals surface area contributed by atoms with Gasteiger partial charge in [-0.2, -0.15) is 0 Å². The number of amides is 1. The molecule has 0 aliphatic carbocycles. The molecule has 3 atom stereocenters. The van der Waals surface area contributed by atoms with Crippen molar-refractivity contribution in [2.24, 2.45) is 0 Å². The van der Waals surface area contributed by atoms with E-state index in [0.717, 1.165) is 18.2 Å². The number of Topliss-reactive ketones (excluding diaryl/α,β-unsaturated/α-hetero) is 1. The van der Waals surface area contributed by atoms with Gasteiger partial charge in [0.25, 0.3) is 5.91 Å². The van der Waals surface area contributed by atoms with Gasteiger partial charge in [-0.05, 0) is 43.5 Å². The van der Waals surface area contributed by atoms with Crippen LogP contribution >= 0.6 is 0 Å². The number of rotatable bonds is 3. The summed E-state index contributed by atoms with van der Waals surface area (Å²) in [6.07, 6.45) is 3.36. The first kappa shape index (κ1) is 13.5. The van der Waals surface area contributed by atoms with Crippen LogP contribution in [0.15, 0.2) is 28.7 Å². The van der Waals surface area contributed by atoms with Crippen LogP contribution in [0, 0.1) is 0 Å². The van der Waals surface area contributed by atoms with Crippen molar-refractivity contribution in [1.29, 1.82) is 0 Å². The van der Waals surface area contributed by atoms with Gasteiger partial charge in [0.1, 0.15) is 5.58 Å². The Balaban J connectivity index is 1.55. The molecular formula is C17H18N2O3. The normalized spacial score (nSPS) is 26.5. The summed E-state index contributed by atoms with van der Waals surface area (Å²) < 4.78 is 5.45. The van der Waals surface area contributed by atoms with Gasteiger partial charge in [-0.25, -0.2) is 0 Å². The van der Waals surface area contributed by atoms with Gasteiger partial charge in [-0.3, -0.25) is 9.59 Å². The van der Waals surface area contributed by atoms with Gasteiger partial charge in [-0.1, -0.05) is 0 Å². The highest BCUT2D eigenvalue weighted by Crippen LogP contribution is 2.28. The van der Waals surface area contributed by atoms with Crippen LogP contribution in [0.25, 0.3) is 11.0 Å². The maximum Gasteiger partial charge on any atom is 0.251 e. The van der Waals surface area contributed by atoms with Crippen molar-refractivity contribution in [3.05, 3.63) is 35.6 Å². The van der Waals surface area contributed by atoms with Gasteiger partial charge in [0.15, 0.2) is 11.5 Å². The number of benzene rings is 1. The molecule has 2 bridgehead atoms. The first-order valence-electron chi connectivity index (χ1n) is 7.71. The van der Waals surface area contributed by atoms with Crippen LogP contribution in [-0.2, 0) is 0 Å². The summed E-state index contributed by atoms with van der Waals surface area (Å²) in [5.41, 5.74) is 1.23. The molecule has 1 aromatic heterocycles. The molecule has 2 saturated heterocycles. The predicted molar refractivity (Wildman–Crippen MR) is 82.0 cm³/mol. The molecule has 0 unspecified atom stereocenters. The fraction of sp³-hybridized carbons (Fsp3) is 0.412. The fourth-order valence-electron chi connectivity index (χ4n) is 3.59. The molecule has 0 saturated carbocycles. The lowest BCUT2D eigenvalue weighted by atomic mass is 9.95. The number of carbonyl (C=O) groups is 2. The Labute approximate surface area is 128 Å². The van der Waals surface area contributed by atoms with Crippen LogP contribution in [0.3, 0.4) is 0 Å². The van der Waals surface area contributed by atoms with E-state index < -0.39 is 0 Å². The third kappa shape index (κ3) is 2.22. The highest BCUT2D eigenvalue weighted by molar-refractivity contribution is 6.00. The molecule has 2 fully saturated rings. The predicted octanol–water partition coefficient (Wildman–Crippen LogP) is 2.26. The van der Waals surface area contributed by atoms with E-state index in [-0.39, 0.29) is 17.7 Å². The molecular weight excluding hydrogens is 280 g/mol. The monoisotopic (exact) mass is 298 g/mol. The molecule has 0 radical (unpaired) electrons. The second-order valence-corrected chi connectivity index (χ2v) is 6.28. The average molecular weight is 298 g/mol. The molecule has 2 N–H and O–H groups in total. The SMILES string of the molecule is CC(=O)c1cc2cc(C(=O)N[C@@H]3C[C@H]4CC[C@@H]3N4)ccc2o1. The number of fused-ring (bicyclic) bond motifs is 3. The van der Waals surface area contributed by atoms with E-state index in [1.165, 1.54) is 13.3 Å². The van der Waals surface area contributed by atoms with Gasteiger partial charge in [0.05, 0.1) is 0 Å². The molecule has 2 aliphatic rings. The Hall–Kier alpha value is -2.14.